The van der Waals surface area contributed by atoms with E-state index in [1.807, 2.05) is 31.2 Å². The molecule has 0 bridgehead atoms. The quantitative estimate of drug-likeness (QED) is 0.744. The molecule has 2 atom stereocenters. The van der Waals surface area contributed by atoms with Gasteiger partial charge in [0, 0.05) is 18.3 Å². The summed E-state index contributed by atoms with van der Waals surface area (Å²) in [5.74, 6) is 0.236. The molecular weight excluding hydrogens is 360 g/mol. The Hall–Kier alpha value is -1.66. The molecule has 0 spiro atoms. The molecule has 5 nitrogen and oxygen atoms in total. The zero-order valence-corrected chi connectivity index (χ0v) is 16.7. The van der Waals surface area contributed by atoms with Crippen LogP contribution in [0.3, 0.4) is 0 Å². The Morgan fingerprint density at radius 1 is 1.15 bits per heavy atom. The summed E-state index contributed by atoms with van der Waals surface area (Å²) in [7, 11) is -3.13. The highest BCUT2D eigenvalue weighted by Crippen LogP contribution is 2.32. The molecule has 4 rings (SSSR count). The van der Waals surface area contributed by atoms with Gasteiger partial charge in [-0.2, -0.15) is 0 Å². The van der Waals surface area contributed by atoms with E-state index >= 15 is 0 Å². The van der Waals surface area contributed by atoms with Crippen molar-refractivity contribution in [3.05, 3.63) is 41.5 Å². The standard InChI is InChI=1S/C21H28N2O3S/c1-16-6-5-9-18(12-16)23-20-15-27(25,26)14-19(20)22(13-21(23)24)11-10-17-7-3-2-4-8-17/h5-7,9,12,19-20H,2-4,8,10-11,13-15H2,1H3/t19-,20+/m0/s1. The maximum atomic E-state index is 13.0. The summed E-state index contributed by atoms with van der Waals surface area (Å²) in [4.78, 5) is 16.9. The van der Waals surface area contributed by atoms with E-state index in [4.69, 9.17) is 0 Å². The molecule has 2 aliphatic heterocycles. The highest BCUT2D eigenvalue weighted by molar-refractivity contribution is 7.91. The lowest BCUT2D eigenvalue weighted by Gasteiger charge is -2.43. The fourth-order valence-electron chi connectivity index (χ4n) is 4.74. The number of sulfone groups is 1. The van der Waals surface area contributed by atoms with Gasteiger partial charge in [0.05, 0.1) is 24.1 Å². The lowest BCUT2D eigenvalue weighted by Crippen LogP contribution is -2.62. The molecule has 0 radical (unpaired) electrons. The fraction of sp³-hybridized carbons (Fsp3) is 0.571. The molecule has 0 saturated carbocycles. The van der Waals surface area contributed by atoms with Crippen molar-refractivity contribution in [3.8, 4) is 0 Å². The number of piperazine rings is 1. The third kappa shape index (κ3) is 3.97. The minimum absolute atomic E-state index is 0.0107. The van der Waals surface area contributed by atoms with Gasteiger partial charge in [-0.3, -0.25) is 9.69 Å². The van der Waals surface area contributed by atoms with Crippen molar-refractivity contribution in [2.75, 3.05) is 29.5 Å². The molecule has 27 heavy (non-hydrogen) atoms. The van der Waals surface area contributed by atoms with Crippen LogP contribution in [0.5, 0.6) is 0 Å². The van der Waals surface area contributed by atoms with Crippen molar-refractivity contribution in [3.63, 3.8) is 0 Å². The fourth-order valence-corrected chi connectivity index (χ4v) is 6.72. The van der Waals surface area contributed by atoms with E-state index in [0.29, 0.717) is 6.54 Å². The van der Waals surface area contributed by atoms with Gasteiger partial charge in [0.25, 0.3) is 0 Å². The average molecular weight is 389 g/mol. The summed E-state index contributed by atoms with van der Waals surface area (Å²) >= 11 is 0. The third-order valence-corrected chi connectivity index (χ3v) is 7.79. The predicted molar refractivity (Wildman–Crippen MR) is 108 cm³/mol. The first-order valence-electron chi connectivity index (χ1n) is 9.94. The second-order valence-electron chi connectivity index (χ2n) is 8.14. The molecule has 3 aliphatic rings. The van der Waals surface area contributed by atoms with Crippen LogP contribution in [0.25, 0.3) is 0 Å². The Morgan fingerprint density at radius 3 is 2.70 bits per heavy atom. The van der Waals surface area contributed by atoms with Gasteiger partial charge in [-0.15, -0.1) is 0 Å². The van der Waals surface area contributed by atoms with Crippen molar-refractivity contribution in [2.45, 2.75) is 51.1 Å². The van der Waals surface area contributed by atoms with Crippen LogP contribution in [-0.2, 0) is 14.6 Å². The Kier molecular flexibility index (Phi) is 5.12. The first-order chi connectivity index (χ1) is 12.9. The van der Waals surface area contributed by atoms with E-state index in [1.165, 1.54) is 18.4 Å². The van der Waals surface area contributed by atoms with Gasteiger partial charge < -0.3 is 4.90 Å². The number of amides is 1. The molecule has 1 aromatic carbocycles. The molecule has 2 heterocycles. The Balaban J connectivity index is 1.57. The number of benzene rings is 1. The van der Waals surface area contributed by atoms with E-state index in [2.05, 4.69) is 11.0 Å². The summed E-state index contributed by atoms with van der Waals surface area (Å²) in [6.45, 7) is 3.07. The molecule has 1 aliphatic carbocycles. The molecule has 0 aromatic heterocycles. The summed E-state index contributed by atoms with van der Waals surface area (Å²) in [5, 5.41) is 0. The zero-order valence-electron chi connectivity index (χ0n) is 15.9. The highest BCUT2D eigenvalue weighted by atomic mass is 32.2. The van der Waals surface area contributed by atoms with Gasteiger partial charge in [-0.25, -0.2) is 8.42 Å². The van der Waals surface area contributed by atoms with Gasteiger partial charge in [0.2, 0.25) is 5.91 Å². The summed E-state index contributed by atoms with van der Waals surface area (Å²) in [6, 6.07) is 7.43. The first kappa shape index (κ1) is 18.7. The van der Waals surface area contributed by atoms with Crippen LogP contribution in [0.15, 0.2) is 35.9 Å². The maximum Gasteiger partial charge on any atom is 0.241 e. The first-order valence-corrected chi connectivity index (χ1v) is 11.8. The normalized spacial score (nSPS) is 28.1. The molecule has 6 heteroatoms. The van der Waals surface area contributed by atoms with Crippen molar-refractivity contribution < 1.29 is 13.2 Å². The van der Waals surface area contributed by atoms with Crippen molar-refractivity contribution in [1.29, 1.82) is 0 Å². The minimum atomic E-state index is -3.13. The molecule has 1 aromatic rings. The Bertz CT molecular complexity index is 862. The number of hydrogen-bond donors (Lipinski definition) is 0. The lowest BCUT2D eigenvalue weighted by atomic mass is 9.96. The van der Waals surface area contributed by atoms with Gasteiger partial charge >= 0.3 is 0 Å². The number of rotatable bonds is 4. The number of fused-ring (bicyclic) bond motifs is 1. The molecule has 0 N–H and O–H groups in total. The summed E-state index contributed by atoms with van der Waals surface area (Å²) in [5.41, 5.74) is 3.36. The molecular formula is C21H28N2O3S. The van der Waals surface area contributed by atoms with Crippen molar-refractivity contribution in [1.82, 2.24) is 4.90 Å². The average Bonchev–Trinajstić information content (AvgIpc) is 2.95. The van der Waals surface area contributed by atoms with Crippen LogP contribution in [0.2, 0.25) is 0 Å². The van der Waals surface area contributed by atoms with Gasteiger partial charge in [0.15, 0.2) is 9.84 Å². The highest BCUT2D eigenvalue weighted by Gasteiger charge is 2.49. The largest absolute Gasteiger partial charge is 0.306 e. The van der Waals surface area contributed by atoms with Gasteiger partial charge in [-0.05, 0) is 56.7 Å². The number of carbonyl (C=O) groups is 1. The summed E-state index contributed by atoms with van der Waals surface area (Å²) in [6.07, 6.45) is 8.07. The van der Waals surface area contributed by atoms with Crippen LogP contribution in [-0.4, -0.2) is 55.9 Å². The number of allylic oxidation sites excluding steroid dienone is 1. The smallest absolute Gasteiger partial charge is 0.241 e. The minimum Gasteiger partial charge on any atom is -0.306 e. The van der Waals surface area contributed by atoms with Crippen molar-refractivity contribution in [2.24, 2.45) is 0 Å². The number of hydrogen-bond acceptors (Lipinski definition) is 4. The van der Waals surface area contributed by atoms with Crippen LogP contribution >= 0.6 is 0 Å². The van der Waals surface area contributed by atoms with Crippen LogP contribution < -0.4 is 4.90 Å². The number of anilines is 1. The van der Waals surface area contributed by atoms with Crippen LogP contribution in [0.1, 0.15) is 37.7 Å². The Labute approximate surface area is 162 Å². The number of carbonyl (C=O) groups excluding carboxylic acids is 1. The number of aryl methyl sites for hydroxylation is 1. The third-order valence-electron chi connectivity index (χ3n) is 6.09. The van der Waals surface area contributed by atoms with E-state index in [0.717, 1.165) is 37.1 Å². The molecule has 0 unspecified atom stereocenters. The monoisotopic (exact) mass is 388 g/mol. The van der Waals surface area contributed by atoms with E-state index in [-0.39, 0.29) is 29.5 Å². The second kappa shape index (κ2) is 7.40. The molecule has 2 saturated heterocycles. The molecule has 1 amide bonds. The maximum absolute atomic E-state index is 13.0. The van der Waals surface area contributed by atoms with Crippen molar-refractivity contribution >= 4 is 21.4 Å². The predicted octanol–water partition coefficient (Wildman–Crippen LogP) is 2.70. The van der Waals surface area contributed by atoms with Gasteiger partial charge in [-0.1, -0.05) is 23.8 Å². The van der Waals surface area contributed by atoms with Crippen LogP contribution in [0.4, 0.5) is 5.69 Å². The second-order valence-corrected chi connectivity index (χ2v) is 10.3. The zero-order chi connectivity index (χ0) is 19.0. The van der Waals surface area contributed by atoms with E-state index < -0.39 is 9.84 Å². The van der Waals surface area contributed by atoms with E-state index in [9.17, 15) is 13.2 Å². The SMILES string of the molecule is Cc1cccc(N2C(=O)CN(CCC3=CCCCC3)[C@H]3CS(=O)(=O)C[C@H]32)c1. The topological polar surface area (TPSA) is 57.7 Å². The van der Waals surface area contributed by atoms with E-state index in [1.54, 1.807) is 4.90 Å². The lowest BCUT2D eigenvalue weighted by molar-refractivity contribution is -0.123. The van der Waals surface area contributed by atoms with Gasteiger partial charge in [0.1, 0.15) is 0 Å². The molecule has 2 fully saturated rings. The van der Waals surface area contributed by atoms with Crippen LogP contribution in [0, 0.1) is 6.92 Å². The summed E-state index contributed by atoms with van der Waals surface area (Å²) < 4.78 is 24.8. The Morgan fingerprint density at radius 2 is 1.96 bits per heavy atom. The number of nitrogens with zero attached hydrogens (tertiary/aromatic N) is 2. The molecule has 146 valence electrons.